The van der Waals surface area contributed by atoms with Gasteiger partial charge in [0.1, 0.15) is 0 Å². The Morgan fingerprint density at radius 3 is 2.23 bits per heavy atom. The van der Waals surface area contributed by atoms with Crippen LogP contribution in [0, 0.1) is 0 Å². The molecular formula is C22H26F3NO4Si. The van der Waals surface area contributed by atoms with Crippen molar-refractivity contribution in [3.05, 3.63) is 41.5 Å². The molecule has 31 heavy (non-hydrogen) atoms. The van der Waals surface area contributed by atoms with Gasteiger partial charge in [-0.15, -0.1) is 0 Å². The SMILES string of the molecule is COc1cc([Si](C)(C)C)c2c(c1OC)C1(C=CC(=O)C=C1)CCN(C(=O)C(F)(F)F)C2. The summed E-state index contributed by atoms with van der Waals surface area (Å²) in [7, 11) is 0.896. The second-order valence-corrected chi connectivity index (χ2v) is 13.9. The summed E-state index contributed by atoms with van der Waals surface area (Å²) in [5.41, 5.74) is 0.401. The molecular weight excluding hydrogens is 427 g/mol. The first-order valence-electron chi connectivity index (χ1n) is 9.91. The molecule has 0 saturated heterocycles. The average molecular weight is 454 g/mol. The van der Waals surface area contributed by atoms with Crippen molar-refractivity contribution >= 4 is 25.0 Å². The Balaban J connectivity index is 2.37. The topological polar surface area (TPSA) is 55.8 Å². The van der Waals surface area contributed by atoms with E-state index in [0.717, 1.165) is 10.1 Å². The molecule has 1 amide bonds. The molecule has 1 aliphatic carbocycles. The largest absolute Gasteiger partial charge is 0.493 e. The van der Waals surface area contributed by atoms with Crippen molar-refractivity contribution in [2.75, 3.05) is 20.8 Å². The van der Waals surface area contributed by atoms with E-state index in [4.69, 9.17) is 9.47 Å². The van der Waals surface area contributed by atoms with Crippen LogP contribution in [0.25, 0.3) is 0 Å². The van der Waals surface area contributed by atoms with Gasteiger partial charge in [0.25, 0.3) is 0 Å². The summed E-state index contributed by atoms with van der Waals surface area (Å²) in [5, 5.41) is 0.889. The molecule has 0 radical (unpaired) electrons. The lowest BCUT2D eigenvalue weighted by Gasteiger charge is -2.34. The summed E-state index contributed by atoms with van der Waals surface area (Å²) in [4.78, 5) is 24.9. The number of halogens is 3. The van der Waals surface area contributed by atoms with E-state index >= 15 is 0 Å². The van der Waals surface area contributed by atoms with Crippen molar-refractivity contribution in [3.63, 3.8) is 0 Å². The Kier molecular flexibility index (Phi) is 5.86. The number of nitrogens with zero attached hydrogens (tertiary/aromatic N) is 1. The molecule has 1 aromatic rings. The van der Waals surface area contributed by atoms with Gasteiger partial charge >= 0.3 is 12.1 Å². The standard InChI is InChI=1S/C22H26F3NO4Si/c1-29-16-12-17(31(3,4)5)15-13-26(20(28)22(23,24)25)11-10-21(18(15)19(16)30-2)8-6-14(27)7-9-21/h6-9,12H,10-11,13H2,1-5H3. The van der Waals surface area contributed by atoms with Gasteiger partial charge in [0, 0.05) is 24.1 Å². The van der Waals surface area contributed by atoms with E-state index in [1.807, 2.05) is 6.07 Å². The fourth-order valence-electron chi connectivity index (χ4n) is 4.33. The molecule has 0 N–H and O–H groups in total. The molecule has 0 atom stereocenters. The first-order valence-corrected chi connectivity index (χ1v) is 13.4. The molecule has 168 valence electrons. The summed E-state index contributed by atoms with van der Waals surface area (Å²) in [6, 6.07) is 1.82. The highest BCUT2D eigenvalue weighted by molar-refractivity contribution is 6.89. The van der Waals surface area contributed by atoms with Crippen LogP contribution < -0.4 is 14.7 Å². The summed E-state index contributed by atoms with van der Waals surface area (Å²) >= 11 is 0. The lowest BCUT2D eigenvalue weighted by molar-refractivity contribution is -0.186. The van der Waals surface area contributed by atoms with Crippen LogP contribution in [0.5, 0.6) is 11.5 Å². The zero-order valence-corrected chi connectivity index (χ0v) is 19.2. The third-order valence-electron chi connectivity index (χ3n) is 5.81. The number of methoxy groups -OCH3 is 2. The van der Waals surface area contributed by atoms with Gasteiger partial charge in [0.2, 0.25) is 0 Å². The molecule has 9 heteroatoms. The lowest BCUT2D eigenvalue weighted by atomic mass is 9.73. The van der Waals surface area contributed by atoms with Crippen LogP contribution in [0.3, 0.4) is 0 Å². The van der Waals surface area contributed by atoms with E-state index in [9.17, 15) is 22.8 Å². The van der Waals surface area contributed by atoms with Crippen molar-refractivity contribution in [1.29, 1.82) is 0 Å². The molecule has 1 spiro atoms. The minimum Gasteiger partial charge on any atom is -0.493 e. The minimum atomic E-state index is -4.97. The Hall–Kier alpha value is -2.55. The molecule has 0 saturated carbocycles. The third-order valence-corrected chi connectivity index (χ3v) is 7.88. The van der Waals surface area contributed by atoms with Gasteiger partial charge in [-0.2, -0.15) is 13.2 Å². The molecule has 0 aromatic heterocycles. The van der Waals surface area contributed by atoms with Gasteiger partial charge < -0.3 is 14.4 Å². The molecule has 5 nitrogen and oxygen atoms in total. The molecule has 1 heterocycles. The second-order valence-electron chi connectivity index (χ2n) is 8.85. The van der Waals surface area contributed by atoms with Gasteiger partial charge in [-0.1, -0.05) is 37.0 Å². The summed E-state index contributed by atoms with van der Waals surface area (Å²) in [6.45, 7) is 5.94. The van der Waals surface area contributed by atoms with Crippen LogP contribution in [0.1, 0.15) is 17.5 Å². The Labute approximate surface area is 180 Å². The van der Waals surface area contributed by atoms with Crippen LogP contribution in [-0.2, 0) is 21.5 Å². The van der Waals surface area contributed by atoms with Crippen molar-refractivity contribution < 1.29 is 32.2 Å². The number of carbonyl (C=O) groups excluding carboxylic acids is 2. The lowest BCUT2D eigenvalue weighted by Crippen LogP contribution is -2.45. The molecule has 1 aliphatic heterocycles. The van der Waals surface area contributed by atoms with Crippen molar-refractivity contribution in [2.45, 2.75) is 44.2 Å². The fraction of sp³-hybridized carbons (Fsp3) is 0.455. The van der Waals surface area contributed by atoms with Gasteiger partial charge in [-0.25, -0.2) is 0 Å². The van der Waals surface area contributed by atoms with Crippen LogP contribution in [0.2, 0.25) is 19.6 Å². The number of alkyl halides is 3. The summed E-state index contributed by atoms with van der Waals surface area (Å²) in [6.07, 6.45) is 1.44. The van der Waals surface area contributed by atoms with Crippen LogP contribution >= 0.6 is 0 Å². The van der Waals surface area contributed by atoms with E-state index in [0.29, 0.717) is 22.6 Å². The molecule has 0 fully saturated rings. The molecule has 2 aliphatic rings. The smallest absolute Gasteiger partial charge is 0.471 e. The first-order chi connectivity index (χ1) is 14.3. The van der Waals surface area contributed by atoms with Gasteiger partial charge in [-0.05, 0) is 30.2 Å². The Morgan fingerprint density at radius 2 is 1.74 bits per heavy atom. The predicted octanol–water partition coefficient (Wildman–Crippen LogP) is 3.48. The number of fused-ring (bicyclic) bond motifs is 2. The maximum absolute atomic E-state index is 13.3. The van der Waals surface area contributed by atoms with Crippen molar-refractivity contribution in [2.24, 2.45) is 0 Å². The van der Waals surface area contributed by atoms with Crippen LogP contribution in [0.15, 0.2) is 30.4 Å². The average Bonchev–Trinajstić information content (AvgIpc) is 2.84. The Morgan fingerprint density at radius 1 is 1.13 bits per heavy atom. The Bertz CT molecular complexity index is 960. The van der Waals surface area contributed by atoms with Gasteiger partial charge in [-0.3, -0.25) is 9.59 Å². The minimum absolute atomic E-state index is 0.119. The zero-order valence-electron chi connectivity index (χ0n) is 18.2. The molecule has 1 aromatic carbocycles. The maximum Gasteiger partial charge on any atom is 0.471 e. The second kappa shape index (κ2) is 7.85. The molecule has 0 bridgehead atoms. The van der Waals surface area contributed by atoms with E-state index in [1.165, 1.54) is 26.4 Å². The summed E-state index contributed by atoms with van der Waals surface area (Å²) in [5.74, 6) is -1.18. The van der Waals surface area contributed by atoms with Gasteiger partial charge in [0.15, 0.2) is 17.3 Å². The third kappa shape index (κ3) is 4.15. The van der Waals surface area contributed by atoms with Crippen molar-refractivity contribution in [1.82, 2.24) is 4.90 Å². The van der Waals surface area contributed by atoms with Crippen LogP contribution in [0.4, 0.5) is 13.2 Å². The highest BCUT2D eigenvalue weighted by Gasteiger charge is 2.47. The van der Waals surface area contributed by atoms with E-state index in [2.05, 4.69) is 19.6 Å². The monoisotopic (exact) mass is 453 g/mol. The normalized spacial score (nSPS) is 18.1. The van der Waals surface area contributed by atoms with E-state index in [1.54, 1.807) is 12.2 Å². The number of hydrogen-bond donors (Lipinski definition) is 0. The highest BCUT2D eigenvalue weighted by Crippen LogP contribution is 2.47. The number of amides is 1. The zero-order chi connectivity index (χ0) is 23.2. The summed E-state index contributed by atoms with van der Waals surface area (Å²) < 4.78 is 51.2. The quantitative estimate of drug-likeness (QED) is 0.658. The highest BCUT2D eigenvalue weighted by atomic mass is 28.3. The van der Waals surface area contributed by atoms with E-state index < -0.39 is 25.6 Å². The fourth-order valence-corrected chi connectivity index (χ4v) is 6.01. The number of ether oxygens (including phenoxy) is 2. The van der Waals surface area contributed by atoms with E-state index in [-0.39, 0.29) is 25.3 Å². The molecule has 0 unspecified atom stereocenters. The predicted molar refractivity (Wildman–Crippen MR) is 114 cm³/mol. The number of ketones is 1. The van der Waals surface area contributed by atoms with Crippen LogP contribution in [-0.4, -0.2) is 51.6 Å². The number of hydrogen-bond acceptors (Lipinski definition) is 4. The number of carbonyl (C=O) groups is 2. The van der Waals surface area contributed by atoms with Crippen molar-refractivity contribution in [3.8, 4) is 11.5 Å². The number of benzene rings is 1. The maximum atomic E-state index is 13.3. The van der Waals surface area contributed by atoms with Gasteiger partial charge in [0.05, 0.1) is 22.3 Å². The molecule has 3 rings (SSSR count). The first kappa shape index (κ1) is 23.1. The number of rotatable bonds is 3. The number of allylic oxidation sites excluding steroid dienone is 4.